The van der Waals surface area contributed by atoms with Crippen molar-refractivity contribution in [2.24, 2.45) is 0 Å². The van der Waals surface area contributed by atoms with Gasteiger partial charge in [-0.2, -0.15) is 4.39 Å². The van der Waals surface area contributed by atoms with E-state index < -0.39 is 18.5 Å². The van der Waals surface area contributed by atoms with E-state index in [0.717, 1.165) is 6.07 Å². The van der Waals surface area contributed by atoms with Gasteiger partial charge in [0.25, 0.3) is 6.43 Å². The zero-order valence-corrected chi connectivity index (χ0v) is 7.12. The van der Waals surface area contributed by atoms with Crippen LogP contribution in [0.4, 0.5) is 19.0 Å². The Bertz CT molecular complexity index is 296. The first-order valence-corrected chi connectivity index (χ1v) is 3.92. The lowest BCUT2D eigenvalue weighted by Gasteiger charge is -2.10. The highest BCUT2D eigenvalue weighted by atomic mass is 19.3. The van der Waals surface area contributed by atoms with E-state index in [-0.39, 0.29) is 12.4 Å². The van der Waals surface area contributed by atoms with E-state index in [0.29, 0.717) is 0 Å². The normalized spacial score (nSPS) is 12.9. The van der Waals surface area contributed by atoms with E-state index in [1.807, 2.05) is 0 Å². The molecule has 2 N–H and O–H groups in total. The number of nitrogens with zero attached hydrogens (tertiary/aromatic N) is 1. The third-order valence-electron chi connectivity index (χ3n) is 1.50. The van der Waals surface area contributed by atoms with Crippen molar-refractivity contribution in [1.29, 1.82) is 0 Å². The van der Waals surface area contributed by atoms with Crippen LogP contribution in [-0.4, -0.2) is 29.2 Å². The second-order valence-electron chi connectivity index (χ2n) is 2.63. The second-order valence-corrected chi connectivity index (χ2v) is 2.63. The van der Waals surface area contributed by atoms with Crippen LogP contribution in [0.15, 0.2) is 18.2 Å². The fraction of sp³-hybridized carbons (Fsp3) is 0.375. The van der Waals surface area contributed by atoms with Gasteiger partial charge in [0.05, 0.1) is 0 Å². The number of nitrogens with one attached hydrogen (secondary N) is 1. The molecule has 0 aliphatic heterocycles. The third kappa shape index (κ3) is 3.21. The zero-order chi connectivity index (χ0) is 10.6. The van der Waals surface area contributed by atoms with Gasteiger partial charge in [-0.3, -0.25) is 0 Å². The van der Waals surface area contributed by atoms with Crippen molar-refractivity contribution in [3.8, 4) is 0 Å². The molecule has 0 saturated carbocycles. The van der Waals surface area contributed by atoms with Crippen molar-refractivity contribution in [3.05, 3.63) is 24.1 Å². The van der Waals surface area contributed by atoms with E-state index in [1.165, 1.54) is 12.1 Å². The minimum Gasteiger partial charge on any atom is -0.385 e. The van der Waals surface area contributed by atoms with Crippen molar-refractivity contribution >= 4 is 5.82 Å². The molecule has 0 aliphatic carbocycles. The molecular weight excluding hydrogens is 197 g/mol. The summed E-state index contributed by atoms with van der Waals surface area (Å²) >= 11 is 0. The van der Waals surface area contributed by atoms with Crippen molar-refractivity contribution in [2.75, 3.05) is 11.9 Å². The number of halogens is 3. The van der Waals surface area contributed by atoms with Gasteiger partial charge in [-0.25, -0.2) is 13.8 Å². The monoisotopic (exact) mass is 206 g/mol. The highest BCUT2D eigenvalue weighted by Crippen LogP contribution is 2.05. The Kier molecular flexibility index (Phi) is 3.70. The number of hydrogen-bond acceptors (Lipinski definition) is 3. The second kappa shape index (κ2) is 4.80. The summed E-state index contributed by atoms with van der Waals surface area (Å²) in [5, 5.41) is 11.1. The van der Waals surface area contributed by atoms with Crippen LogP contribution in [0.3, 0.4) is 0 Å². The molecule has 0 bridgehead atoms. The summed E-state index contributed by atoms with van der Waals surface area (Å²) in [6.45, 7) is -0.367. The lowest BCUT2D eigenvalue weighted by Crippen LogP contribution is -2.27. The highest BCUT2D eigenvalue weighted by Gasteiger charge is 2.16. The summed E-state index contributed by atoms with van der Waals surface area (Å²) in [7, 11) is 0. The Hall–Kier alpha value is -1.30. The van der Waals surface area contributed by atoms with Crippen molar-refractivity contribution in [2.45, 2.75) is 12.5 Å². The van der Waals surface area contributed by atoms with Crippen molar-refractivity contribution < 1.29 is 18.3 Å². The number of aliphatic hydroxyl groups excluding tert-OH is 1. The van der Waals surface area contributed by atoms with Crippen LogP contribution in [0.25, 0.3) is 0 Å². The molecule has 3 nitrogen and oxygen atoms in total. The molecule has 1 heterocycles. The van der Waals surface area contributed by atoms with E-state index >= 15 is 0 Å². The Morgan fingerprint density at radius 2 is 2.14 bits per heavy atom. The van der Waals surface area contributed by atoms with Crippen molar-refractivity contribution in [1.82, 2.24) is 4.98 Å². The summed E-state index contributed by atoms with van der Waals surface area (Å²) < 4.78 is 36.1. The largest absolute Gasteiger partial charge is 0.385 e. The summed E-state index contributed by atoms with van der Waals surface area (Å²) in [4.78, 5) is 3.37. The van der Waals surface area contributed by atoms with Crippen LogP contribution < -0.4 is 5.32 Å². The molecule has 0 aromatic carbocycles. The van der Waals surface area contributed by atoms with Gasteiger partial charge >= 0.3 is 0 Å². The van der Waals surface area contributed by atoms with E-state index in [9.17, 15) is 13.2 Å². The Morgan fingerprint density at radius 3 is 2.71 bits per heavy atom. The molecule has 6 heteroatoms. The standard InChI is InChI=1S/C8H9F3N2O/c9-6-2-1-3-7(13-6)12-4-5(14)8(10)11/h1-3,5,8,14H,4H2,(H,12,13). The Balaban J connectivity index is 2.45. The van der Waals surface area contributed by atoms with Gasteiger partial charge < -0.3 is 10.4 Å². The van der Waals surface area contributed by atoms with Crippen LogP contribution in [0.2, 0.25) is 0 Å². The first-order chi connectivity index (χ1) is 6.59. The quantitative estimate of drug-likeness (QED) is 0.729. The summed E-state index contributed by atoms with van der Waals surface area (Å²) in [6.07, 6.45) is -4.60. The number of aromatic nitrogens is 1. The molecule has 0 radical (unpaired) electrons. The number of anilines is 1. The number of alkyl halides is 2. The van der Waals surface area contributed by atoms with E-state index in [4.69, 9.17) is 5.11 Å². The van der Waals surface area contributed by atoms with E-state index in [1.54, 1.807) is 0 Å². The third-order valence-corrected chi connectivity index (χ3v) is 1.50. The molecule has 1 aromatic rings. The molecule has 1 aromatic heterocycles. The van der Waals surface area contributed by atoms with Gasteiger partial charge in [0, 0.05) is 6.54 Å². The molecule has 0 fully saturated rings. The zero-order valence-electron chi connectivity index (χ0n) is 7.12. The van der Waals surface area contributed by atoms with Gasteiger partial charge in [0.2, 0.25) is 5.95 Å². The van der Waals surface area contributed by atoms with Gasteiger partial charge in [-0.15, -0.1) is 0 Å². The van der Waals surface area contributed by atoms with Gasteiger partial charge in [0.15, 0.2) is 0 Å². The van der Waals surface area contributed by atoms with Gasteiger partial charge in [-0.1, -0.05) is 6.07 Å². The Labute approximate surface area is 78.6 Å². The molecule has 78 valence electrons. The molecule has 0 amide bonds. The molecular formula is C8H9F3N2O. The topological polar surface area (TPSA) is 45.1 Å². The lowest BCUT2D eigenvalue weighted by atomic mass is 10.3. The van der Waals surface area contributed by atoms with Crippen LogP contribution in [0, 0.1) is 5.95 Å². The minimum absolute atomic E-state index is 0.115. The predicted molar refractivity (Wildman–Crippen MR) is 44.7 cm³/mol. The molecule has 1 atom stereocenters. The van der Waals surface area contributed by atoms with Crippen molar-refractivity contribution in [3.63, 3.8) is 0 Å². The summed E-state index contributed by atoms with van der Waals surface area (Å²) in [6, 6.07) is 3.94. The van der Waals surface area contributed by atoms with Crippen LogP contribution in [0.5, 0.6) is 0 Å². The summed E-state index contributed by atoms with van der Waals surface area (Å²) in [5.74, 6) is -0.591. The van der Waals surface area contributed by atoms with Crippen LogP contribution in [0.1, 0.15) is 0 Å². The molecule has 1 rings (SSSR count). The number of rotatable bonds is 4. The average Bonchev–Trinajstić information content (AvgIpc) is 2.14. The van der Waals surface area contributed by atoms with Gasteiger partial charge in [-0.05, 0) is 12.1 Å². The van der Waals surface area contributed by atoms with Crippen LogP contribution >= 0.6 is 0 Å². The maximum absolute atomic E-state index is 12.5. The fourth-order valence-corrected chi connectivity index (χ4v) is 0.805. The highest BCUT2D eigenvalue weighted by molar-refractivity contribution is 5.33. The first-order valence-electron chi connectivity index (χ1n) is 3.92. The van der Waals surface area contributed by atoms with Crippen LogP contribution in [-0.2, 0) is 0 Å². The molecule has 1 unspecified atom stereocenters. The number of pyridine rings is 1. The molecule has 0 spiro atoms. The average molecular weight is 206 g/mol. The lowest BCUT2D eigenvalue weighted by molar-refractivity contribution is 0.00380. The molecule has 0 aliphatic rings. The fourth-order valence-electron chi connectivity index (χ4n) is 0.805. The number of hydrogen-bond donors (Lipinski definition) is 2. The Morgan fingerprint density at radius 1 is 1.43 bits per heavy atom. The SMILES string of the molecule is OC(CNc1cccc(F)n1)C(F)F. The van der Waals surface area contributed by atoms with Gasteiger partial charge in [0.1, 0.15) is 11.9 Å². The van der Waals surface area contributed by atoms with E-state index in [2.05, 4.69) is 10.3 Å². The first kappa shape index (κ1) is 10.8. The maximum Gasteiger partial charge on any atom is 0.265 e. The number of aliphatic hydroxyl groups is 1. The minimum atomic E-state index is -2.82. The maximum atomic E-state index is 12.5. The smallest absolute Gasteiger partial charge is 0.265 e. The summed E-state index contributed by atoms with van der Waals surface area (Å²) in [5.41, 5.74) is 0. The predicted octanol–water partition coefficient (Wildman–Crippen LogP) is 1.26. The molecule has 14 heavy (non-hydrogen) atoms. The molecule has 0 saturated heterocycles.